The first-order valence-electron chi connectivity index (χ1n) is 5.48. The maximum absolute atomic E-state index is 11.3. The number of furan rings is 1. The quantitative estimate of drug-likeness (QED) is 0.878. The van der Waals surface area contributed by atoms with Gasteiger partial charge in [0, 0.05) is 6.42 Å². The maximum Gasteiger partial charge on any atom is 0.311 e. The number of aryl methyl sites for hydroxylation is 1. The Morgan fingerprint density at radius 3 is 2.76 bits per heavy atom. The van der Waals surface area contributed by atoms with Crippen molar-refractivity contribution < 1.29 is 14.3 Å². The third-order valence-corrected chi connectivity index (χ3v) is 2.73. The third kappa shape index (κ3) is 2.75. The number of carboxylic acid groups (broad SMARTS) is 1. The first kappa shape index (κ1) is 11.5. The minimum absolute atomic E-state index is 0.381. The van der Waals surface area contributed by atoms with Crippen LogP contribution in [0.25, 0.3) is 0 Å². The summed E-state index contributed by atoms with van der Waals surface area (Å²) in [4.78, 5) is 11.3. The van der Waals surface area contributed by atoms with Crippen molar-refractivity contribution in [2.45, 2.75) is 19.3 Å². The molecule has 1 heterocycles. The van der Waals surface area contributed by atoms with Crippen molar-refractivity contribution >= 4 is 5.97 Å². The molecule has 88 valence electrons. The molecule has 1 N–H and O–H groups in total. The van der Waals surface area contributed by atoms with Crippen LogP contribution in [0.2, 0.25) is 0 Å². The van der Waals surface area contributed by atoms with Gasteiger partial charge in [-0.15, -0.1) is 0 Å². The molecule has 0 bridgehead atoms. The van der Waals surface area contributed by atoms with Crippen LogP contribution in [0, 0.1) is 6.92 Å². The summed E-state index contributed by atoms with van der Waals surface area (Å²) in [6.07, 6.45) is 1.94. The molecule has 0 saturated heterocycles. The Morgan fingerprint density at radius 2 is 2.18 bits per heavy atom. The molecular formula is C14H14O3. The molecule has 0 radical (unpaired) electrons. The van der Waals surface area contributed by atoms with Gasteiger partial charge in [-0.05, 0) is 24.6 Å². The zero-order chi connectivity index (χ0) is 12.3. The number of carboxylic acids is 1. The van der Waals surface area contributed by atoms with Gasteiger partial charge in [0.25, 0.3) is 0 Å². The Balaban J connectivity index is 2.26. The number of hydrogen-bond donors (Lipinski definition) is 1. The molecule has 3 heteroatoms. The van der Waals surface area contributed by atoms with Gasteiger partial charge in [-0.3, -0.25) is 4.79 Å². The van der Waals surface area contributed by atoms with E-state index < -0.39 is 11.9 Å². The van der Waals surface area contributed by atoms with E-state index in [4.69, 9.17) is 4.42 Å². The van der Waals surface area contributed by atoms with Crippen LogP contribution in [0.5, 0.6) is 0 Å². The molecule has 1 aromatic heterocycles. The van der Waals surface area contributed by atoms with Gasteiger partial charge < -0.3 is 9.52 Å². The summed E-state index contributed by atoms with van der Waals surface area (Å²) in [5, 5.41) is 9.27. The lowest BCUT2D eigenvalue weighted by atomic mass is 9.93. The third-order valence-electron chi connectivity index (χ3n) is 2.73. The average molecular weight is 230 g/mol. The van der Waals surface area contributed by atoms with Gasteiger partial charge in [0.05, 0.1) is 12.2 Å². The summed E-state index contributed by atoms with van der Waals surface area (Å²) in [5.74, 6) is -0.688. The second-order valence-electron chi connectivity index (χ2n) is 4.09. The highest BCUT2D eigenvalue weighted by Gasteiger charge is 2.21. The summed E-state index contributed by atoms with van der Waals surface area (Å²) in [7, 11) is 0. The van der Waals surface area contributed by atoms with E-state index in [1.165, 1.54) is 0 Å². The summed E-state index contributed by atoms with van der Waals surface area (Å²) in [6.45, 7) is 1.95. The predicted octanol–water partition coefficient (Wildman–Crippen LogP) is 3.00. The van der Waals surface area contributed by atoms with E-state index >= 15 is 0 Å². The molecule has 1 atom stereocenters. The molecule has 0 aliphatic rings. The fraction of sp³-hybridized carbons (Fsp3) is 0.214. The number of aliphatic carboxylic acids is 1. The Kier molecular flexibility index (Phi) is 3.28. The topological polar surface area (TPSA) is 50.4 Å². The van der Waals surface area contributed by atoms with Gasteiger partial charge in [0.1, 0.15) is 5.76 Å². The van der Waals surface area contributed by atoms with E-state index in [0.717, 1.165) is 11.1 Å². The molecule has 0 spiro atoms. The first-order valence-corrected chi connectivity index (χ1v) is 5.48. The van der Waals surface area contributed by atoms with E-state index in [1.807, 2.05) is 31.2 Å². The van der Waals surface area contributed by atoms with Crippen LogP contribution in [0.3, 0.4) is 0 Å². The number of hydrogen-bond acceptors (Lipinski definition) is 2. The van der Waals surface area contributed by atoms with Crippen LogP contribution in [-0.4, -0.2) is 11.1 Å². The van der Waals surface area contributed by atoms with Gasteiger partial charge in [0.15, 0.2) is 0 Å². The van der Waals surface area contributed by atoms with Crippen LogP contribution in [0.1, 0.15) is 22.8 Å². The summed E-state index contributed by atoms with van der Waals surface area (Å²) in [6, 6.07) is 11.1. The summed E-state index contributed by atoms with van der Waals surface area (Å²) < 4.78 is 5.20. The lowest BCUT2D eigenvalue weighted by Gasteiger charge is -2.11. The molecule has 0 amide bonds. The number of rotatable bonds is 4. The maximum atomic E-state index is 11.3. The van der Waals surface area contributed by atoms with Crippen LogP contribution >= 0.6 is 0 Å². The Morgan fingerprint density at radius 1 is 1.35 bits per heavy atom. The highest BCUT2D eigenvalue weighted by atomic mass is 16.4. The zero-order valence-electron chi connectivity index (χ0n) is 9.59. The van der Waals surface area contributed by atoms with Crippen molar-refractivity contribution in [1.29, 1.82) is 0 Å². The zero-order valence-corrected chi connectivity index (χ0v) is 9.59. The van der Waals surface area contributed by atoms with Gasteiger partial charge in [-0.2, -0.15) is 0 Å². The van der Waals surface area contributed by atoms with Gasteiger partial charge >= 0.3 is 5.97 Å². The molecule has 1 unspecified atom stereocenters. The highest BCUT2D eigenvalue weighted by molar-refractivity contribution is 5.76. The van der Waals surface area contributed by atoms with Crippen molar-refractivity contribution in [2.75, 3.05) is 0 Å². The van der Waals surface area contributed by atoms with Gasteiger partial charge in [-0.25, -0.2) is 0 Å². The normalized spacial score (nSPS) is 12.3. The van der Waals surface area contributed by atoms with Crippen molar-refractivity contribution in [3.05, 3.63) is 59.5 Å². The van der Waals surface area contributed by atoms with Crippen LogP contribution < -0.4 is 0 Å². The number of benzene rings is 1. The molecule has 2 rings (SSSR count). The van der Waals surface area contributed by atoms with E-state index in [2.05, 4.69) is 0 Å². The molecule has 2 aromatic rings. The Bertz CT molecular complexity index is 500. The first-order chi connectivity index (χ1) is 8.16. The van der Waals surface area contributed by atoms with Gasteiger partial charge in [-0.1, -0.05) is 29.8 Å². The number of carbonyl (C=O) groups is 1. The summed E-state index contributed by atoms with van der Waals surface area (Å²) >= 11 is 0. The van der Waals surface area contributed by atoms with E-state index in [0.29, 0.717) is 12.2 Å². The second kappa shape index (κ2) is 4.87. The Labute approximate surface area is 99.7 Å². The molecular weight excluding hydrogens is 216 g/mol. The van der Waals surface area contributed by atoms with Crippen molar-refractivity contribution in [3.63, 3.8) is 0 Å². The minimum Gasteiger partial charge on any atom is -0.481 e. The van der Waals surface area contributed by atoms with Crippen LogP contribution in [0.15, 0.2) is 47.1 Å². The van der Waals surface area contributed by atoms with Gasteiger partial charge in [0.2, 0.25) is 0 Å². The molecule has 3 nitrogen and oxygen atoms in total. The van der Waals surface area contributed by atoms with Crippen molar-refractivity contribution in [3.8, 4) is 0 Å². The Hall–Kier alpha value is -2.03. The molecule has 0 aliphatic carbocycles. The fourth-order valence-electron chi connectivity index (χ4n) is 1.86. The fourth-order valence-corrected chi connectivity index (χ4v) is 1.86. The average Bonchev–Trinajstić information content (AvgIpc) is 2.78. The van der Waals surface area contributed by atoms with Crippen LogP contribution in [-0.2, 0) is 11.2 Å². The lowest BCUT2D eigenvalue weighted by Crippen LogP contribution is -2.14. The SMILES string of the molecule is Cc1cccc(C(Cc2ccco2)C(=O)O)c1. The molecule has 17 heavy (non-hydrogen) atoms. The minimum atomic E-state index is -0.827. The predicted molar refractivity (Wildman–Crippen MR) is 64.0 cm³/mol. The lowest BCUT2D eigenvalue weighted by molar-refractivity contribution is -0.138. The summed E-state index contributed by atoms with van der Waals surface area (Å²) in [5.41, 5.74) is 1.88. The molecule has 0 fully saturated rings. The van der Waals surface area contributed by atoms with Crippen LogP contribution in [0.4, 0.5) is 0 Å². The molecule has 0 saturated carbocycles. The van der Waals surface area contributed by atoms with Crippen molar-refractivity contribution in [2.24, 2.45) is 0 Å². The van der Waals surface area contributed by atoms with E-state index in [9.17, 15) is 9.90 Å². The second-order valence-corrected chi connectivity index (χ2v) is 4.09. The largest absolute Gasteiger partial charge is 0.481 e. The molecule has 1 aromatic carbocycles. The van der Waals surface area contributed by atoms with E-state index in [1.54, 1.807) is 18.4 Å². The van der Waals surface area contributed by atoms with Crippen molar-refractivity contribution in [1.82, 2.24) is 0 Å². The van der Waals surface area contributed by atoms with E-state index in [-0.39, 0.29) is 0 Å². The highest BCUT2D eigenvalue weighted by Crippen LogP contribution is 2.22. The monoisotopic (exact) mass is 230 g/mol. The molecule has 0 aliphatic heterocycles. The standard InChI is InChI=1S/C14H14O3/c1-10-4-2-5-11(8-10)13(14(15)16)9-12-6-3-7-17-12/h2-8,13H,9H2,1H3,(H,15,16). The smallest absolute Gasteiger partial charge is 0.311 e.